The molecule has 3 aromatic rings. The van der Waals surface area contributed by atoms with E-state index in [1.165, 1.54) is 0 Å². The molecule has 0 bridgehead atoms. The highest BCUT2D eigenvalue weighted by atomic mass is 35.5. The van der Waals surface area contributed by atoms with E-state index in [0.717, 1.165) is 35.9 Å². The van der Waals surface area contributed by atoms with Crippen molar-refractivity contribution in [3.63, 3.8) is 0 Å². The third-order valence-corrected chi connectivity index (χ3v) is 4.96. The Morgan fingerprint density at radius 1 is 0.857 bits per heavy atom. The molecule has 142 valence electrons. The molecule has 0 atom stereocenters. The topological polar surface area (TPSA) is 61.4 Å². The lowest BCUT2D eigenvalue weighted by Crippen LogP contribution is -2.50. The summed E-state index contributed by atoms with van der Waals surface area (Å²) in [5.74, 6) is 0.820. The molecule has 1 N–H and O–H groups in total. The molecule has 4 rings (SSSR count). The Balaban J connectivity index is 1.34. The van der Waals surface area contributed by atoms with Gasteiger partial charge in [0.2, 0.25) is 0 Å². The van der Waals surface area contributed by atoms with Gasteiger partial charge < -0.3 is 15.1 Å². The summed E-state index contributed by atoms with van der Waals surface area (Å²) in [6.07, 6.45) is 0. The highest BCUT2D eigenvalue weighted by Crippen LogP contribution is 2.21. The number of piperazine rings is 1. The fraction of sp³-hybridized carbons (Fsp3) is 0.190. The van der Waals surface area contributed by atoms with Crippen molar-refractivity contribution in [1.82, 2.24) is 15.1 Å². The molecule has 2 amide bonds. The number of nitrogens with zero attached hydrogens (tertiary/aromatic N) is 4. The minimum absolute atomic E-state index is 0.0741. The molecule has 6 nitrogen and oxygen atoms in total. The molecule has 0 aliphatic carbocycles. The first-order valence-electron chi connectivity index (χ1n) is 9.15. The number of para-hydroxylation sites is 1. The number of carbonyl (C=O) groups excluding carboxylic acids is 1. The zero-order chi connectivity index (χ0) is 19.3. The Bertz CT molecular complexity index is 923. The van der Waals surface area contributed by atoms with Gasteiger partial charge in [-0.1, -0.05) is 41.9 Å². The minimum atomic E-state index is -0.0741. The molecule has 0 spiro atoms. The van der Waals surface area contributed by atoms with Gasteiger partial charge in [0.25, 0.3) is 0 Å². The van der Waals surface area contributed by atoms with Crippen molar-refractivity contribution in [2.75, 3.05) is 36.4 Å². The molecular weight excluding hydrogens is 374 g/mol. The number of anilines is 2. The highest BCUT2D eigenvalue weighted by Gasteiger charge is 2.22. The molecule has 0 saturated carbocycles. The number of hydrogen-bond donors (Lipinski definition) is 1. The van der Waals surface area contributed by atoms with Crippen LogP contribution in [0, 0.1) is 0 Å². The molecule has 1 aromatic heterocycles. The van der Waals surface area contributed by atoms with Crippen LogP contribution in [0.15, 0.2) is 66.7 Å². The molecule has 2 heterocycles. The smallest absolute Gasteiger partial charge is 0.321 e. The number of hydrogen-bond acceptors (Lipinski definition) is 4. The fourth-order valence-electron chi connectivity index (χ4n) is 3.13. The van der Waals surface area contributed by atoms with Crippen molar-refractivity contribution >= 4 is 29.1 Å². The Morgan fingerprint density at radius 2 is 1.57 bits per heavy atom. The van der Waals surface area contributed by atoms with E-state index in [-0.39, 0.29) is 6.03 Å². The number of rotatable bonds is 3. The van der Waals surface area contributed by atoms with E-state index in [9.17, 15) is 4.79 Å². The minimum Gasteiger partial charge on any atom is -0.352 e. The number of aromatic nitrogens is 2. The van der Waals surface area contributed by atoms with Gasteiger partial charge in [-0.2, -0.15) is 0 Å². The number of nitrogens with one attached hydrogen (secondary N) is 1. The number of carbonyl (C=O) groups is 1. The molecule has 1 fully saturated rings. The first kappa shape index (κ1) is 18.3. The predicted octanol–water partition coefficient (Wildman–Crippen LogP) is 4.15. The molecule has 1 aliphatic heterocycles. The largest absolute Gasteiger partial charge is 0.352 e. The average molecular weight is 394 g/mol. The number of halogens is 1. The molecule has 1 saturated heterocycles. The van der Waals surface area contributed by atoms with Crippen LogP contribution in [0.2, 0.25) is 5.02 Å². The van der Waals surface area contributed by atoms with Crippen molar-refractivity contribution in [2.24, 2.45) is 0 Å². The second-order valence-corrected chi connectivity index (χ2v) is 6.99. The lowest BCUT2D eigenvalue weighted by atomic mass is 10.1. The van der Waals surface area contributed by atoms with Crippen molar-refractivity contribution in [3.05, 3.63) is 71.8 Å². The third kappa shape index (κ3) is 4.23. The molecule has 28 heavy (non-hydrogen) atoms. The van der Waals surface area contributed by atoms with Crippen molar-refractivity contribution in [2.45, 2.75) is 0 Å². The van der Waals surface area contributed by atoms with Gasteiger partial charge in [0.15, 0.2) is 5.82 Å². The lowest BCUT2D eigenvalue weighted by Gasteiger charge is -2.35. The zero-order valence-corrected chi connectivity index (χ0v) is 16.0. The maximum atomic E-state index is 12.4. The SMILES string of the molecule is O=C(Nc1ccccc1)N1CCN(c2ccc(-c3ccc(Cl)cc3)nn2)CC1. The molecule has 2 aromatic carbocycles. The van der Waals surface area contributed by atoms with Gasteiger partial charge >= 0.3 is 6.03 Å². The average Bonchev–Trinajstić information content (AvgIpc) is 2.75. The van der Waals surface area contributed by atoms with Crippen LogP contribution in [0.5, 0.6) is 0 Å². The van der Waals surface area contributed by atoms with E-state index in [1.807, 2.05) is 71.6 Å². The van der Waals surface area contributed by atoms with E-state index in [1.54, 1.807) is 0 Å². The van der Waals surface area contributed by atoms with E-state index in [2.05, 4.69) is 20.4 Å². The first-order valence-corrected chi connectivity index (χ1v) is 9.52. The number of amides is 2. The summed E-state index contributed by atoms with van der Waals surface area (Å²) in [7, 11) is 0. The summed E-state index contributed by atoms with van der Waals surface area (Å²) in [4.78, 5) is 16.4. The van der Waals surface area contributed by atoms with Gasteiger partial charge in [-0.05, 0) is 36.4 Å². The summed E-state index contributed by atoms with van der Waals surface area (Å²) in [5, 5.41) is 12.3. The van der Waals surface area contributed by atoms with Gasteiger partial charge in [0.1, 0.15) is 0 Å². The zero-order valence-electron chi connectivity index (χ0n) is 15.3. The summed E-state index contributed by atoms with van der Waals surface area (Å²) < 4.78 is 0. The van der Waals surface area contributed by atoms with Crippen LogP contribution in [0.3, 0.4) is 0 Å². The van der Waals surface area contributed by atoms with E-state index in [4.69, 9.17) is 11.6 Å². The number of benzene rings is 2. The molecule has 1 aliphatic rings. The summed E-state index contributed by atoms with van der Waals surface area (Å²) in [5.41, 5.74) is 2.59. The van der Waals surface area contributed by atoms with Crippen LogP contribution in [0.1, 0.15) is 0 Å². The quantitative estimate of drug-likeness (QED) is 0.726. The first-order chi connectivity index (χ1) is 13.7. The lowest BCUT2D eigenvalue weighted by molar-refractivity contribution is 0.208. The van der Waals surface area contributed by atoms with Crippen molar-refractivity contribution in [1.29, 1.82) is 0 Å². The van der Waals surface area contributed by atoms with E-state index >= 15 is 0 Å². The van der Waals surface area contributed by atoms with Gasteiger partial charge in [-0.3, -0.25) is 0 Å². The van der Waals surface area contributed by atoms with Crippen molar-refractivity contribution in [3.8, 4) is 11.3 Å². The van der Waals surface area contributed by atoms with Crippen LogP contribution >= 0.6 is 11.6 Å². The highest BCUT2D eigenvalue weighted by molar-refractivity contribution is 6.30. The summed E-state index contributed by atoms with van der Waals surface area (Å²) in [6.45, 7) is 2.72. The van der Waals surface area contributed by atoms with Crippen molar-refractivity contribution < 1.29 is 4.79 Å². The summed E-state index contributed by atoms with van der Waals surface area (Å²) >= 11 is 5.93. The Hall–Kier alpha value is -3.12. The van der Waals surface area contributed by atoms with Gasteiger partial charge in [0, 0.05) is 42.5 Å². The van der Waals surface area contributed by atoms with Gasteiger partial charge in [0.05, 0.1) is 5.69 Å². The predicted molar refractivity (Wildman–Crippen MR) is 112 cm³/mol. The van der Waals surface area contributed by atoms with Gasteiger partial charge in [-0.25, -0.2) is 4.79 Å². The van der Waals surface area contributed by atoms with Gasteiger partial charge in [-0.15, -0.1) is 10.2 Å². The summed E-state index contributed by atoms with van der Waals surface area (Å²) in [6, 6.07) is 20.9. The Labute approximate surface area is 168 Å². The van der Waals surface area contributed by atoms with Crippen LogP contribution in [0.4, 0.5) is 16.3 Å². The third-order valence-electron chi connectivity index (χ3n) is 4.71. The van der Waals surface area contributed by atoms with E-state index in [0.29, 0.717) is 18.1 Å². The maximum absolute atomic E-state index is 12.4. The van der Waals surface area contributed by atoms with Crippen LogP contribution in [0.25, 0.3) is 11.3 Å². The van der Waals surface area contributed by atoms with Crippen LogP contribution < -0.4 is 10.2 Å². The second-order valence-electron chi connectivity index (χ2n) is 6.55. The molecule has 0 unspecified atom stereocenters. The Morgan fingerprint density at radius 3 is 2.21 bits per heavy atom. The normalized spacial score (nSPS) is 14.0. The molecule has 7 heteroatoms. The van der Waals surface area contributed by atoms with Crippen LogP contribution in [-0.4, -0.2) is 47.3 Å². The second kappa shape index (κ2) is 8.27. The monoisotopic (exact) mass is 393 g/mol. The number of urea groups is 1. The molecule has 0 radical (unpaired) electrons. The standard InChI is InChI=1S/C21H20ClN5O/c22-17-8-6-16(7-9-17)19-10-11-20(25-24-19)26-12-14-27(15-13-26)21(28)23-18-4-2-1-3-5-18/h1-11H,12-15H2,(H,23,28). The Kier molecular flexibility index (Phi) is 5.39. The van der Waals surface area contributed by atoms with E-state index < -0.39 is 0 Å². The van der Waals surface area contributed by atoms with Crippen LogP contribution in [-0.2, 0) is 0 Å². The maximum Gasteiger partial charge on any atom is 0.321 e. The molecular formula is C21H20ClN5O. The fourth-order valence-corrected chi connectivity index (χ4v) is 3.26.